The Morgan fingerprint density at radius 2 is 2.50 bits per heavy atom. The molecule has 0 aliphatic carbocycles. The fourth-order valence-corrected chi connectivity index (χ4v) is 2.09. The van der Waals surface area contributed by atoms with E-state index in [0.29, 0.717) is 12.5 Å². The lowest BCUT2D eigenvalue weighted by molar-refractivity contribution is -0.130. The highest BCUT2D eigenvalue weighted by molar-refractivity contribution is 7.17. The van der Waals surface area contributed by atoms with Gasteiger partial charge < -0.3 is 9.64 Å². The van der Waals surface area contributed by atoms with Crippen molar-refractivity contribution in [1.82, 2.24) is 4.90 Å². The average Bonchev–Trinajstić information content (AvgIpc) is 2.40. The van der Waals surface area contributed by atoms with E-state index in [1.54, 1.807) is 0 Å². The van der Waals surface area contributed by atoms with Crippen molar-refractivity contribution < 1.29 is 9.53 Å². The summed E-state index contributed by atoms with van der Waals surface area (Å²) in [5.74, 6) is 0.183. The highest BCUT2D eigenvalue weighted by Gasteiger charge is 2.39. The second-order valence-corrected chi connectivity index (χ2v) is 3.29. The van der Waals surface area contributed by atoms with E-state index in [0.717, 1.165) is 13.0 Å². The third-order valence-corrected chi connectivity index (χ3v) is 2.62. The van der Waals surface area contributed by atoms with E-state index in [2.05, 4.69) is 9.24 Å². The van der Waals surface area contributed by atoms with Gasteiger partial charge >= 0.3 is 0 Å². The fourth-order valence-electron chi connectivity index (χ4n) is 1.57. The van der Waals surface area contributed by atoms with Crippen LogP contribution < -0.4 is 0 Å². The number of fused-ring (bicyclic) bond motifs is 1. The minimum atomic E-state index is -0.0556. The van der Waals surface area contributed by atoms with Gasteiger partial charge in [0, 0.05) is 6.42 Å². The molecule has 0 radical (unpaired) electrons. The number of hydrogen-bond donors (Lipinski definition) is 0. The molecule has 2 aliphatic rings. The number of ether oxygens (including phenoxy) is 1. The van der Waals surface area contributed by atoms with Crippen LogP contribution in [0.4, 0.5) is 0 Å². The molecule has 2 saturated heterocycles. The van der Waals surface area contributed by atoms with Crippen LogP contribution in [-0.4, -0.2) is 29.4 Å². The first-order valence-electron chi connectivity index (χ1n) is 3.47. The lowest BCUT2D eigenvalue weighted by atomic mass is 10.2. The van der Waals surface area contributed by atoms with Crippen LogP contribution in [0.1, 0.15) is 12.8 Å². The summed E-state index contributed by atoms with van der Waals surface area (Å²) in [4.78, 5) is 12.9. The quantitative estimate of drug-likeness (QED) is 0.471. The van der Waals surface area contributed by atoms with Crippen LogP contribution in [0.15, 0.2) is 0 Å². The number of rotatable bonds is 0. The van der Waals surface area contributed by atoms with Gasteiger partial charge in [-0.15, -0.1) is 0 Å². The maximum Gasteiger partial charge on any atom is 0.225 e. The number of carbonyl (C=O) groups excluding carboxylic acids is 1. The summed E-state index contributed by atoms with van der Waals surface area (Å²) in [6.07, 6.45) is 1.68. The minimum absolute atomic E-state index is 0.0556. The second-order valence-electron chi connectivity index (χ2n) is 2.72. The van der Waals surface area contributed by atoms with E-state index >= 15 is 0 Å². The molecule has 2 fully saturated rings. The lowest BCUT2D eigenvalue weighted by Crippen LogP contribution is -2.31. The molecule has 0 aromatic heterocycles. The molecule has 4 heteroatoms. The van der Waals surface area contributed by atoms with Gasteiger partial charge in [-0.1, -0.05) is 9.24 Å². The van der Waals surface area contributed by atoms with Crippen molar-refractivity contribution in [3.05, 3.63) is 0 Å². The zero-order valence-corrected chi connectivity index (χ0v) is 6.77. The predicted octanol–water partition coefficient (Wildman–Crippen LogP) is 0.166. The smallest absolute Gasteiger partial charge is 0.225 e. The van der Waals surface area contributed by atoms with E-state index in [-0.39, 0.29) is 11.9 Å². The third kappa shape index (κ3) is 0.774. The van der Waals surface area contributed by atoms with Crippen LogP contribution in [0.3, 0.4) is 0 Å². The van der Waals surface area contributed by atoms with E-state index in [9.17, 15) is 4.79 Å². The molecular weight excluding hydrogens is 149 g/mol. The Labute approximate surface area is 61.9 Å². The molecule has 3 atom stereocenters. The van der Waals surface area contributed by atoms with Crippen molar-refractivity contribution in [3.63, 3.8) is 0 Å². The van der Waals surface area contributed by atoms with Gasteiger partial charge in [0.05, 0.1) is 12.6 Å². The zero-order chi connectivity index (χ0) is 7.14. The largest absolute Gasteiger partial charge is 0.353 e. The predicted molar refractivity (Wildman–Crippen MR) is 39.3 cm³/mol. The summed E-state index contributed by atoms with van der Waals surface area (Å²) in [5, 5.41) is 0. The molecule has 0 aromatic carbocycles. The lowest BCUT2D eigenvalue weighted by Gasteiger charge is -2.17. The molecule has 2 rings (SSSR count). The molecule has 2 heterocycles. The summed E-state index contributed by atoms with van der Waals surface area (Å²) in [5.41, 5.74) is 0. The Balaban J connectivity index is 2.19. The molecule has 0 bridgehead atoms. The van der Waals surface area contributed by atoms with E-state index < -0.39 is 0 Å². The molecule has 3 nitrogen and oxygen atoms in total. The SMILES string of the molecule is O=C1CC[C@H]2CO[C@H](P)N12. The van der Waals surface area contributed by atoms with Crippen molar-refractivity contribution in [3.8, 4) is 0 Å². The van der Waals surface area contributed by atoms with E-state index in [1.165, 1.54) is 0 Å². The first kappa shape index (κ1) is 6.56. The van der Waals surface area contributed by atoms with Gasteiger partial charge in [-0.2, -0.15) is 0 Å². The maximum absolute atomic E-state index is 11.1. The van der Waals surface area contributed by atoms with Crippen LogP contribution in [0.25, 0.3) is 0 Å². The van der Waals surface area contributed by atoms with Gasteiger partial charge in [0.1, 0.15) is 5.97 Å². The molecule has 0 spiro atoms. The zero-order valence-electron chi connectivity index (χ0n) is 5.62. The van der Waals surface area contributed by atoms with E-state index in [4.69, 9.17) is 4.74 Å². The molecule has 2 aliphatic heterocycles. The number of hydrogen-bond acceptors (Lipinski definition) is 2. The van der Waals surface area contributed by atoms with Gasteiger partial charge in [0.15, 0.2) is 0 Å². The van der Waals surface area contributed by atoms with Crippen molar-refractivity contribution in [1.29, 1.82) is 0 Å². The number of nitrogens with zero attached hydrogens (tertiary/aromatic N) is 1. The molecule has 1 unspecified atom stereocenters. The van der Waals surface area contributed by atoms with Crippen molar-refractivity contribution >= 4 is 15.1 Å². The van der Waals surface area contributed by atoms with Crippen molar-refractivity contribution in [2.45, 2.75) is 24.9 Å². The normalized spacial score (nSPS) is 38.9. The van der Waals surface area contributed by atoms with Gasteiger partial charge in [0.25, 0.3) is 0 Å². The van der Waals surface area contributed by atoms with Crippen LogP contribution in [-0.2, 0) is 9.53 Å². The molecule has 0 aromatic rings. The summed E-state index contributed by atoms with van der Waals surface area (Å²) in [7, 11) is 2.53. The van der Waals surface area contributed by atoms with Crippen LogP contribution in [0.5, 0.6) is 0 Å². The summed E-state index contributed by atoms with van der Waals surface area (Å²) in [6, 6.07) is 0.370. The monoisotopic (exact) mass is 159 g/mol. The van der Waals surface area contributed by atoms with Gasteiger partial charge in [-0.3, -0.25) is 4.79 Å². The van der Waals surface area contributed by atoms with E-state index in [1.807, 2.05) is 4.90 Å². The number of amides is 1. The molecule has 10 heavy (non-hydrogen) atoms. The van der Waals surface area contributed by atoms with Crippen LogP contribution in [0, 0.1) is 0 Å². The number of carbonyl (C=O) groups is 1. The highest BCUT2D eigenvalue weighted by atomic mass is 31.0. The molecule has 56 valence electrons. The molecule has 0 N–H and O–H groups in total. The summed E-state index contributed by atoms with van der Waals surface area (Å²) < 4.78 is 5.26. The van der Waals surface area contributed by atoms with Crippen molar-refractivity contribution in [2.75, 3.05) is 6.61 Å². The van der Waals surface area contributed by atoms with Gasteiger partial charge in [0.2, 0.25) is 5.91 Å². The Bertz CT molecular complexity index is 173. The van der Waals surface area contributed by atoms with Gasteiger partial charge in [-0.25, -0.2) is 0 Å². The minimum Gasteiger partial charge on any atom is -0.353 e. The maximum atomic E-state index is 11.1. The first-order chi connectivity index (χ1) is 4.79. The van der Waals surface area contributed by atoms with Crippen LogP contribution >= 0.6 is 9.24 Å². The average molecular weight is 159 g/mol. The van der Waals surface area contributed by atoms with Crippen molar-refractivity contribution in [2.24, 2.45) is 0 Å². The topological polar surface area (TPSA) is 29.5 Å². The Morgan fingerprint density at radius 1 is 1.70 bits per heavy atom. The fraction of sp³-hybridized carbons (Fsp3) is 0.833. The first-order valence-corrected chi connectivity index (χ1v) is 4.14. The molecule has 1 amide bonds. The summed E-state index contributed by atoms with van der Waals surface area (Å²) >= 11 is 0. The Morgan fingerprint density at radius 3 is 3.20 bits per heavy atom. The Kier molecular flexibility index (Phi) is 1.43. The highest BCUT2D eigenvalue weighted by Crippen LogP contribution is 2.30. The molecular formula is C6H10NO2P. The second kappa shape index (κ2) is 2.18. The van der Waals surface area contributed by atoms with Gasteiger partial charge in [-0.05, 0) is 6.42 Å². The standard InChI is InChI=1S/C6H10NO2P/c8-5-2-1-4-3-9-6(10)7(4)5/h4,6H,1-3,10H2/t4-,6+/m0/s1. The molecule has 0 saturated carbocycles. The summed E-state index contributed by atoms with van der Waals surface area (Å²) in [6.45, 7) is 0.722. The Hall–Kier alpha value is -0.140. The third-order valence-electron chi connectivity index (χ3n) is 2.11. The van der Waals surface area contributed by atoms with Crippen LogP contribution in [0.2, 0.25) is 0 Å².